The predicted octanol–water partition coefficient (Wildman–Crippen LogP) is 3.81. The van der Waals surface area contributed by atoms with E-state index in [1.807, 2.05) is 6.07 Å². The fourth-order valence-corrected chi connectivity index (χ4v) is 2.88. The Morgan fingerprint density at radius 1 is 1.33 bits per heavy atom. The van der Waals surface area contributed by atoms with Gasteiger partial charge in [-0.15, -0.1) is 0 Å². The molecule has 2 N–H and O–H groups in total. The van der Waals surface area contributed by atoms with Crippen LogP contribution in [0.25, 0.3) is 0 Å². The molecule has 5 nitrogen and oxygen atoms in total. The van der Waals surface area contributed by atoms with Gasteiger partial charge in [0.25, 0.3) is 5.91 Å². The lowest BCUT2D eigenvalue weighted by Crippen LogP contribution is -2.27. The molecule has 24 heavy (non-hydrogen) atoms. The Bertz CT molecular complexity index is 707. The van der Waals surface area contributed by atoms with Crippen molar-refractivity contribution in [2.45, 2.75) is 39.2 Å². The van der Waals surface area contributed by atoms with E-state index in [9.17, 15) is 4.79 Å². The topological polar surface area (TPSA) is 63.2 Å². The maximum atomic E-state index is 12.0. The number of anilines is 3. The third-order valence-corrected chi connectivity index (χ3v) is 4.25. The highest BCUT2D eigenvalue weighted by molar-refractivity contribution is 5.93. The zero-order valence-electron chi connectivity index (χ0n) is 14.1. The summed E-state index contributed by atoms with van der Waals surface area (Å²) in [6, 6.07) is 10.0. The number of aryl methyl sites for hydroxylation is 2. The molecule has 1 aromatic heterocycles. The van der Waals surface area contributed by atoms with Crippen LogP contribution in [0.3, 0.4) is 0 Å². The first kappa shape index (κ1) is 16.5. The lowest BCUT2D eigenvalue weighted by molar-refractivity contribution is -0.124. The summed E-state index contributed by atoms with van der Waals surface area (Å²) in [6.07, 6.45) is 4.07. The van der Waals surface area contributed by atoms with E-state index in [2.05, 4.69) is 47.7 Å². The molecule has 1 amide bonds. The van der Waals surface area contributed by atoms with Crippen LogP contribution in [0.15, 0.2) is 36.5 Å². The Balaban J connectivity index is 1.68. The number of benzene rings is 1. The summed E-state index contributed by atoms with van der Waals surface area (Å²) in [5, 5.41) is 6.23. The number of pyridine rings is 1. The summed E-state index contributed by atoms with van der Waals surface area (Å²) in [5.74, 6) is 0.425. The summed E-state index contributed by atoms with van der Waals surface area (Å²) in [6.45, 7) is 4.89. The molecule has 0 spiro atoms. The number of amides is 1. The number of carbonyl (C=O) groups excluding carboxylic acids is 1. The summed E-state index contributed by atoms with van der Waals surface area (Å²) in [7, 11) is 0. The lowest BCUT2D eigenvalue weighted by atomic mass is 10.1. The normalized spacial score (nSPS) is 16.8. The van der Waals surface area contributed by atoms with Crippen molar-refractivity contribution in [2.24, 2.45) is 0 Å². The molecule has 1 aromatic carbocycles. The number of nitrogens with one attached hydrogen (secondary N) is 2. The van der Waals surface area contributed by atoms with E-state index in [1.165, 1.54) is 11.1 Å². The number of hydrogen-bond acceptors (Lipinski definition) is 4. The molecule has 1 unspecified atom stereocenters. The van der Waals surface area contributed by atoms with Gasteiger partial charge in [-0.3, -0.25) is 4.79 Å². The van der Waals surface area contributed by atoms with Gasteiger partial charge in [0.1, 0.15) is 11.9 Å². The van der Waals surface area contributed by atoms with Crippen LogP contribution in [0.4, 0.5) is 17.2 Å². The van der Waals surface area contributed by atoms with E-state index in [0.29, 0.717) is 12.4 Å². The van der Waals surface area contributed by atoms with E-state index in [0.717, 1.165) is 30.6 Å². The van der Waals surface area contributed by atoms with Crippen LogP contribution in [-0.2, 0) is 16.0 Å². The standard InChI is InChI=1S/C19H23N3O2/c1-3-14-7-4-6-13(2)18(14)21-15-9-10-17(20-12-15)22-19(23)16-8-5-11-24-16/h4,6-7,9-10,12,16,21H,3,5,8,11H2,1-2H3,(H,20,22,23). The molecule has 0 radical (unpaired) electrons. The van der Waals surface area contributed by atoms with Gasteiger partial charge >= 0.3 is 0 Å². The minimum absolute atomic E-state index is 0.118. The van der Waals surface area contributed by atoms with Crippen LogP contribution >= 0.6 is 0 Å². The maximum absolute atomic E-state index is 12.0. The molecular weight excluding hydrogens is 302 g/mol. The molecule has 2 aromatic rings. The Morgan fingerprint density at radius 3 is 2.88 bits per heavy atom. The number of hydrogen-bond donors (Lipinski definition) is 2. The number of para-hydroxylation sites is 1. The smallest absolute Gasteiger partial charge is 0.254 e. The van der Waals surface area contributed by atoms with Crippen molar-refractivity contribution >= 4 is 23.1 Å². The Labute approximate surface area is 142 Å². The van der Waals surface area contributed by atoms with Crippen molar-refractivity contribution in [1.29, 1.82) is 0 Å². The largest absolute Gasteiger partial charge is 0.368 e. The highest BCUT2D eigenvalue weighted by Crippen LogP contribution is 2.25. The highest BCUT2D eigenvalue weighted by Gasteiger charge is 2.23. The molecule has 1 aliphatic heterocycles. The van der Waals surface area contributed by atoms with Gasteiger partial charge in [0, 0.05) is 12.3 Å². The van der Waals surface area contributed by atoms with Gasteiger partial charge in [0.15, 0.2) is 0 Å². The number of ether oxygens (including phenoxy) is 1. The number of rotatable bonds is 5. The van der Waals surface area contributed by atoms with Crippen LogP contribution in [0.5, 0.6) is 0 Å². The maximum Gasteiger partial charge on any atom is 0.254 e. The van der Waals surface area contributed by atoms with Crippen molar-refractivity contribution in [3.63, 3.8) is 0 Å². The zero-order chi connectivity index (χ0) is 16.9. The van der Waals surface area contributed by atoms with Crippen molar-refractivity contribution in [3.05, 3.63) is 47.7 Å². The molecule has 1 aliphatic rings. The van der Waals surface area contributed by atoms with Crippen molar-refractivity contribution in [2.75, 3.05) is 17.2 Å². The molecular formula is C19H23N3O2. The number of aromatic nitrogens is 1. The van der Waals surface area contributed by atoms with E-state index < -0.39 is 0 Å². The monoisotopic (exact) mass is 325 g/mol. The first-order chi connectivity index (χ1) is 11.7. The van der Waals surface area contributed by atoms with Crippen LogP contribution in [0, 0.1) is 6.92 Å². The minimum Gasteiger partial charge on any atom is -0.368 e. The molecule has 3 rings (SSSR count). The summed E-state index contributed by atoms with van der Waals surface area (Å²) >= 11 is 0. The Kier molecular flexibility index (Phi) is 5.11. The van der Waals surface area contributed by atoms with E-state index in [4.69, 9.17) is 4.74 Å². The second kappa shape index (κ2) is 7.45. The molecule has 0 bridgehead atoms. The van der Waals surface area contributed by atoms with Crippen LogP contribution in [-0.4, -0.2) is 23.6 Å². The molecule has 0 aliphatic carbocycles. The molecule has 0 saturated carbocycles. The molecule has 2 heterocycles. The SMILES string of the molecule is CCc1cccc(C)c1Nc1ccc(NC(=O)C2CCCO2)nc1. The van der Waals surface area contributed by atoms with Crippen molar-refractivity contribution < 1.29 is 9.53 Å². The fourth-order valence-electron chi connectivity index (χ4n) is 2.88. The zero-order valence-corrected chi connectivity index (χ0v) is 14.1. The summed E-state index contributed by atoms with van der Waals surface area (Å²) in [4.78, 5) is 16.3. The predicted molar refractivity (Wildman–Crippen MR) is 95.7 cm³/mol. The molecule has 1 atom stereocenters. The van der Waals surface area contributed by atoms with Crippen LogP contribution < -0.4 is 10.6 Å². The highest BCUT2D eigenvalue weighted by atomic mass is 16.5. The summed E-state index contributed by atoms with van der Waals surface area (Å²) in [5.41, 5.74) is 4.49. The third kappa shape index (κ3) is 3.74. The van der Waals surface area contributed by atoms with E-state index >= 15 is 0 Å². The quantitative estimate of drug-likeness (QED) is 0.877. The third-order valence-electron chi connectivity index (χ3n) is 4.25. The number of carbonyl (C=O) groups is 1. The first-order valence-electron chi connectivity index (χ1n) is 8.41. The molecule has 1 saturated heterocycles. The van der Waals surface area contributed by atoms with E-state index in [1.54, 1.807) is 12.3 Å². The van der Waals surface area contributed by atoms with Crippen molar-refractivity contribution in [1.82, 2.24) is 4.98 Å². The van der Waals surface area contributed by atoms with Gasteiger partial charge in [-0.05, 0) is 49.4 Å². The van der Waals surface area contributed by atoms with Gasteiger partial charge in [-0.2, -0.15) is 0 Å². The van der Waals surface area contributed by atoms with Gasteiger partial charge in [-0.1, -0.05) is 25.1 Å². The Hall–Kier alpha value is -2.40. The minimum atomic E-state index is -0.344. The van der Waals surface area contributed by atoms with Gasteiger partial charge in [0.05, 0.1) is 11.9 Å². The lowest BCUT2D eigenvalue weighted by Gasteiger charge is -2.14. The molecule has 126 valence electrons. The molecule has 1 fully saturated rings. The average molecular weight is 325 g/mol. The first-order valence-corrected chi connectivity index (χ1v) is 8.41. The van der Waals surface area contributed by atoms with Gasteiger partial charge < -0.3 is 15.4 Å². The summed E-state index contributed by atoms with van der Waals surface area (Å²) < 4.78 is 5.38. The van der Waals surface area contributed by atoms with E-state index in [-0.39, 0.29) is 12.0 Å². The van der Waals surface area contributed by atoms with Crippen LogP contribution in [0.2, 0.25) is 0 Å². The van der Waals surface area contributed by atoms with Gasteiger partial charge in [0.2, 0.25) is 0 Å². The van der Waals surface area contributed by atoms with Gasteiger partial charge in [-0.25, -0.2) is 4.98 Å². The Morgan fingerprint density at radius 2 is 2.21 bits per heavy atom. The van der Waals surface area contributed by atoms with Crippen molar-refractivity contribution in [3.8, 4) is 0 Å². The second-order valence-electron chi connectivity index (χ2n) is 6.01. The second-order valence-corrected chi connectivity index (χ2v) is 6.01. The number of nitrogens with zero attached hydrogens (tertiary/aromatic N) is 1. The molecule has 5 heteroatoms. The average Bonchev–Trinajstić information content (AvgIpc) is 3.13. The fraction of sp³-hybridized carbons (Fsp3) is 0.368. The van der Waals surface area contributed by atoms with Crippen LogP contribution in [0.1, 0.15) is 30.9 Å².